The molecule has 2 aromatic heterocycles. The molecule has 3 rings (SSSR count). The van der Waals surface area contributed by atoms with Crippen molar-refractivity contribution in [2.24, 2.45) is 16.6 Å². The molecule has 0 aliphatic heterocycles. The van der Waals surface area contributed by atoms with Gasteiger partial charge in [-0.1, -0.05) is 25.4 Å². The van der Waals surface area contributed by atoms with E-state index in [9.17, 15) is 4.79 Å². The predicted octanol–water partition coefficient (Wildman–Crippen LogP) is 4.22. The molecule has 1 aliphatic carbocycles. The normalized spacial score (nSPS) is 15.2. The number of hydrogen-bond donors (Lipinski definition) is 2. The molecule has 0 unspecified atom stereocenters. The van der Waals surface area contributed by atoms with Gasteiger partial charge >= 0.3 is 0 Å². The minimum atomic E-state index is -0.0403. The molecule has 2 aromatic rings. The number of aliphatic imine (C=N–C) groups is 1. The number of aromatic nitrogens is 2. The third kappa shape index (κ3) is 5.01. The zero-order valence-corrected chi connectivity index (χ0v) is 17.0. The molecule has 0 amide bonds. The molecule has 0 saturated heterocycles. The van der Waals surface area contributed by atoms with Gasteiger partial charge in [0.25, 0.3) is 5.56 Å². The van der Waals surface area contributed by atoms with E-state index in [4.69, 9.17) is 17.3 Å². The van der Waals surface area contributed by atoms with E-state index in [-0.39, 0.29) is 5.56 Å². The predicted molar refractivity (Wildman–Crippen MR) is 116 cm³/mol. The lowest BCUT2D eigenvalue weighted by molar-refractivity contribution is 0.445. The highest BCUT2D eigenvalue weighted by Gasteiger charge is 2.17. The molecule has 3 N–H and O–H groups in total. The van der Waals surface area contributed by atoms with Gasteiger partial charge in [0.2, 0.25) is 0 Å². The van der Waals surface area contributed by atoms with Gasteiger partial charge in [0.05, 0.1) is 28.3 Å². The van der Waals surface area contributed by atoms with Gasteiger partial charge in [0, 0.05) is 42.8 Å². The molecule has 1 saturated carbocycles. The van der Waals surface area contributed by atoms with Crippen LogP contribution in [-0.2, 0) is 6.54 Å². The summed E-state index contributed by atoms with van der Waals surface area (Å²) in [5.74, 6) is 0.367. The Hall–Kier alpha value is -2.60. The van der Waals surface area contributed by atoms with Gasteiger partial charge in [-0.3, -0.25) is 14.8 Å². The highest BCUT2D eigenvalue weighted by Crippen LogP contribution is 2.27. The van der Waals surface area contributed by atoms with Gasteiger partial charge in [0.1, 0.15) is 0 Å². The van der Waals surface area contributed by atoms with Crippen molar-refractivity contribution < 1.29 is 0 Å². The maximum Gasteiger partial charge on any atom is 0.250 e. The Morgan fingerprint density at radius 2 is 2.25 bits per heavy atom. The van der Waals surface area contributed by atoms with Gasteiger partial charge in [-0.05, 0) is 37.3 Å². The Morgan fingerprint density at radius 3 is 2.86 bits per heavy atom. The highest BCUT2D eigenvalue weighted by molar-refractivity contribution is 6.33. The fraction of sp³-hybridized carbons (Fsp3) is 0.381. The van der Waals surface area contributed by atoms with Crippen LogP contribution in [0.1, 0.15) is 38.8 Å². The second kappa shape index (κ2) is 9.06. The van der Waals surface area contributed by atoms with Gasteiger partial charge in [0.15, 0.2) is 0 Å². The van der Waals surface area contributed by atoms with Crippen LogP contribution in [-0.4, -0.2) is 21.8 Å². The molecule has 0 aromatic carbocycles. The van der Waals surface area contributed by atoms with Crippen molar-refractivity contribution in [2.45, 2.75) is 45.7 Å². The Bertz CT molecular complexity index is 944. The van der Waals surface area contributed by atoms with Crippen molar-refractivity contribution in [1.29, 1.82) is 0 Å². The molecule has 0 spiro atoms. The molecule has 28 heavy (non-hydrogen) atoms. The number of nitrogens with one attached hydrogen (secondary N) is 1. The summed E-state index contributed by atoms with van der Waals surface area (Å²) in [7, 11) is 0. The van der Waals surface area contributed by atoms with Crippen LogP contribution >= 0.6 is 11.6 Å². The maximum atomic E-state index is 11.9. The van der Waals surface area contributed by atoms with Crippen LogP contribution in [0.2, 0.25) is 5.02 Å². The molecular formula is C21H26ClN5O. The Kier molecular flexibility index (Phi) is 6.52. The number of allylic oxidation sites excluding steroid dienone is 1. The molecule has 1 fully saturated rings. The molecule has 6 nitrogen and oxygen atoms in total. The van der Waals surface area contributed by atoms with Crippen LogP contribution in [0.5, 0.6) is 0 Å². The van der Waals surface area contributed by atoms with Gasteiger partial charge in [-0.2, -0.15) is 0 Å². The summed E-state index contributed by atoms with van der Waals surface area (Å²) in [6.07, 6.45) is 10.2. The maximum absolute atomic E-state index is 11.9. The Morgan fingerprint density at radius 1 is 1.46 bits per heavy atom. The summed E-state index contributed by atoms with van der Waals surface area (Å²) < 4.78 is 1.66. The van der Waals surface area contributed by atoms with E-state index in [2.05, 4.69) is 29.1 Å². The first-order chi connectivity index (χ1) is 13.5. The van der Waals surface area contributed by atoms with Crippen molar-refractivity contribution in [2.75, 3.05) is 5.32 Å². The fourth-order valence-corrected chi connectivity index (χ4v) is 3.25. The minimum absolute atomic E-state index is 0.0403. The largest absolute Gasteiger partial charge is 0.404 e. The monoisotopic (exact) mass is 399 g/mol. The zero-order chi connectivity index (χ0) is 20.1. The van der Waals surface area contributed by atoms with Gasteiger partial charge < -0.3 is 15.6 Å². The van der Waals surface area contributed by atoms with Gasteiger partial charge in [-0.25, -0.2) is 0 Å². The number of hydrogen-bond acceptors (Lipinski definition) is 5. The number of nitrogens with two attached hydrogens (primary N) is 1. The molecule has 0 bridgehead atoms. The minimum Gasteiger partial charge on any atom is -0.404 e. The van der Waals surface area contributed by atoms with E-state index in [0.717, 1.165) is 5.69 Å². The van der Waals surface area contributed by atoms with Crippen LogP contribution in [0.3, 0.4) is 0 Å². The van der Waals surface area contributed by atoms with Crippen molar-refractivity contribution in [3.63, 3.8) is 0 Å². The summed E-state index contributed by atoms with van der Waals surface area (Å²) in [6, 6.07) is 5.58. The van der Waals surface area contributed by atoms with Gasteiger partial charge in [-0.15, -0.1) is 0 Å². The van der Waals surface area contributed by atoms with Crippen molar-refractivity contribution >= 4 is 34.8 Å². The summed E-state index contributed by atoms with van der Waals surface area (Å²) in [5, 5.41) is 3.94. The summed E-state index contributed by atoms with van der Waals surface area (Å²) in [5.41, 5.74) is 8.50. The molecule has 148 valence electrons. The highest BCUT2D eigenvalue weighted by atomic mass is 35.5. The quantitative estimate of drug-likeness (QED) is 0.682. The average molecular weight is 400 g/mol. The number of halogens is 1. The molecule has 0 atom stereocenters. The Labute approximate surface area is 170 Å². The zero-order valence-electron chi connectivity index (χ0n) is 16.2. The lowest BCUT2D eigenvalue weighted by Crippen LogP contribution is -2.27. The van der Waals surface area contributed by atoms with Crippen LogP contribution in [0.15, 0.2) is 46.6 Å². The Balaban J connectivity index is 1.77. The molecular weight excluding hydrogens is 374 g/mol. The van der Waals surface area contributed by atoms with Crippen LogP contribution in [0, 0.1) is 5.92 Å². The van der Waals surface area contributed by atoms with Crippen molar-refractivity contribution in [3.8, 4) is 0 Å². The summed E-state index contributed by atoms with van der Waals surface area (Å²) in [4.78, 5) is 20.9. The number of anilines is 1. The lowest BCUT2D eigenvalue weighted by atomic mass is 9.93. The number of rotatable bonds is 7. The average Bonchev–Trinajstić information content (AvgIpc) is 2.62. The van der Waals surface area contributed by atoms with Crippen LogP contribution in [0.25, 0.3) is 5.57 Å². The smallest absolute Gasteiger partial charge is 0.250 e. The van der Waals surface area contributed by atoms with Crippen molar-refractivity contribution in [1.82, 2.24) is 9.55 Å². The summed E-state index contributed by atoms with van der Waals surface area (Å²) in [6.45, 7) is 4.77. The van der Waals surface area contributed by atoms with E-state index in [1.807, 2.05) is 6.07 Å². The van der Waals surface area contributed by atoms with Crippen LogP contribution < -0.4 is 16.6 Å². The third-order valence-corrected chi connectivity index (χ3v) is 4.94. The number of nitrogens with zero attached hydrogens (tertiary/aromatic N) is 3. The summed E-state index contributed by atoms with van der Waals surface area (Å²) >= 11 is 6.43. The number of pyridine rings is 2. The van der Waals surface area contributed by atoms with Crippen molar-refractivity contribution in [3.05, 3.63) is 57.9 Å². The third-order valence-electron chi connectivity index (χ3n) is 4.65. The topological polar surface area (TPSA) is 85.3 Å². The molecule has 7 heteroatoms. The standard InChI is InChI=1S/C21H26ClN5O/c1-14(2)12-27-13-17(6-7-20(27)28)24-10-15(9-23)21-19(22)8-18(11-25-21)26-16-4-3-5-16/h6-11,13-14,16,26H,3-5,12,23H2,1-2H3. The molecule has 1 aliphatic rings. The first-order valence-electron chi connectivity index (χ1n) is 9.55. The lowest BCUT2D eigenvalue weighted by Gasteiger charge is -2.27. The fourth-order valence-electron chi connectivity index (χ4n) is 2.98. The van der Waals surface area contributed by atoms with E-state index in [1.54, 1.807) is 29.2 Å². The SMILES string of the molecule is CC(C)Cn1cc(N=CC(=CN)c2ncc(NC3CCC3)cc2Cl)ccc1=O. The van der Waals surface area contributed by atoms with E-state index < -0.39 is 0 Å². The second-order valence-electron chi connectivity index (χ2n) is 7.48. The first kappa shape index (κ1) is 20.1. The first-order valence-corrected chi connectivity index (χ1v) is 9.93. The van der Waals surface area contributed by atoms with E-state index in [0.29, 0.717) is 40.5 Å². The molecule has 0 radical (unpaired) electrons. The molecule has 2 heterocycles. The van der Waals surface area contributed by atoms with E-state index in [1.165, 1.54) is 31.5 Å². The second-order valence-corrected chi connectivity index (χ2v) is 7.89. The van der Waals surface area contributed by atoms with E-state index >= 15 is 0 Å². The van der Waals surface area contributed by atoms with Crippen LogP contribution in [0.4, 0.5) is 11.4 Å².